The van der Waals surface area contributed by atoms with Crippen LogP contribution in [0.3, 0.4) is 0 Å². The maximum atomic E-state index is 13.4. The fourth-order valence-corrected chi connectivity index (χ4v) is 2.77. The maximum absolute atomic E-state index is 13.4. The molecule has 2 nitrogen and oxygen atoms in total. The number of nitrogens with one attached hydrogen (secondary N) is 1. The third-order valence-corrected chi connectivity index (χ3v) is 3.78. The largest absolute Gasteiger partial charge is 0.351 e. The second kappa shape index (κ2) is 5.34. The van der Waals surface area contributed by atoms with Crippen LogP contribution in [0.2, 0.25) is 0 Å². The summed E-state index contributed by atoms with van der Waals surface area (Å²) in [6.07, 6.45) is 3.18. The molecule has 2 rings (SSSR count). The summed E-state index contributed by atoms with van der Waals surface area (Å²) >= 11 is 3.38. The van der Waals surface area contributed by atoms with Gasteiger partial charge in [-0.15, -0.1) is 0 Å². The van der Waals surface area contributed by atoms with Crippen molar-refractivity contribution >= 4 is 21.8 Å². The molecular formula is C13H14BrF2NO. The van der Waals surface area contributed by atoms with Crippen molar-refractivity contribution in [3.8, 4) is 0 Å². The molecule has 0 heterocycles. The highest BCUT2D eigenvalue weighted by atomic mass is 79.9. The number of benzene rings is 1. The molecule has 1 saturated carbocycles. The predicted octanol–water partition coefficient (Wildman–Crippen LogP) is 3.26. The lowest BCUT2D eigenvalue weighted by Gasteiger charge is -2.14. The van der Waals surface area contributed by atoms with Gasteiger partial charge in [-0.05, 0) is 36.8 Å². The Kier molecular flexibility index (Phi) is 4.00. The average Bonchev–Trinajstić information content (AvgIpc) is 3.07. The number of carbonyl (C=O) groups excluding carboxylic acids is 1. The predicted molar refractivity (Wildman–Crippen MR) is 68.8 cm³/mol. The third-order valence-electron chi connectivity index (χ3n) is 3.38. The monoisotopic (exact) mass is 317 g/mol. The van der Waals surface area contributed by atoms with Crippen LogP contribution in [0, 0.1) is 17.0 Å². The molecule has 0 atom stereocenters. The van der Waals surface area contributed by atoms with Gasteiger partial charge in [0.2, 0.25) is 0 Å². The lowest BCUT2D eigenvalue weighted by atomic mass is 10.0. The first-order valence-corrected chi connectivity index (χ1v) is 6.98. The van der Waals surface area contributed by atoms with Gasteiger partial charge in [-0.3, -0.25) is 4.79 Å². The van der Waals surface area contributed by atoms with Gasteiger partial charge in [0.1, 0.15) is 11.6 Å². The number of amides is 1. The van der Waals surface area contributed by atoms with Gasteiger partial charge in [-0.1, -0.05) is 15.9 Å². The second-order valence-electron chi connectivity index (χ2n) is 4.75. The van der Waals surface area contributed by atoms with Gasteiger partial charge in [0.15, 0.2) is 0 Å². The van der Waals surface area contributed by atoms with E-state index in [2.05, 4.69) is 21.2 Å². The van der Waals surface area contributed by atoms with Gasteiger partial charge in [-0.2, -0.15) is 0 Å². The molecule has 1 aliphatic rings. The van der Waals surface area contributed by atoms with E-state index in [1.165, 1.54) is 6.07 Å². The Balaban J connectivity index is 1.96. The summed E-state index contributed by atoms with van der Waals surface area (Å²) in [4.78, 5) is 11.8. The van der Waals surface area contributed by atoms with Crippen molar-refractivity contribution in [1.29, 1.82) is 0 Å². The second-order valence-corrected chi connectivity index (χ2v) is 5.54. The van der Waals surface area contributed by atoms with E-state index in [4.69, 9.17) is 0 Å². The number of alkyl halides is 1. The van der Waals surface area contributed by atoms with Gasteiger partial charge < -0.3 is 5.32 Å². The molecule has 0 aliphatic heterocycles. The van der Waals surface area contributed by atoms with Crippen molar-refractivity contribution in [3.05, 3.63) is 35.4 Å². The third kappa shape index (κ3) is 3.07. The lowest BCUT2D eigenvalue weighted by Crippen LogP contribution is -2.31. The van der Waals surface area contributed by atoms with E-state index < -0.39 is 17.5 Å². The van der Waals surface area contributed by atoms with Gasteiger partial charge in [0.25, 0.3) is 5.91 Å². The van der Waals surface area contributed by atoms with Crippen molar-refractivity contribution in [2.24, 2.45) is 5.41 Å². The Hall–Kier alpha value is -0.970. The molecule has 18 heavy (non-hydrogen) atoms. The topological polar surface area (TPSA) is 29.1 Å². The number of hydrogen-bond donors (Lipinski definition) is 1. The summed E-state index contributed by atoms with van der Waals surface area (Å²) in [6, 6.07) is 2.98. The van der Waals surface area contributed by atoms with Gasteiger partial charge >= 0.3 is 0 Å². The van der Waals surface area contributed by atoms with Crippen LogP contribution < -0.4 is 5.32 Å². The number of halogens is 3. The summed E-state index contributed by atoms with van der Waals surface area (Å²) in [6.45, 7) is 0.550. The Bertz CT molecular complexity index is 460. The van der Waals surface area contributed by atoms with E-state index in [0.717, 1.165) is 36.7 Å². The van der Waals surface area contributed by atoms with Crippen molar-refractivity contribution in [2.75, 3.05) is 11.9 Å². The van der Waals surface area contributed by atoms with E-state index in [-0.39, 0.29) is 11.0 Å². The van der Waals surface area contributed by atoms with Crippen LogP contribution in [0.1, 0.15) is 29.6 Å². The molecular weight excluding hydrogens is 304 g/mol. The molecule has 0 unspecified atom stereocenters. The molecule has 0 bridgehead atoms. The normalized spacial score (nSPS) is 16.4. The minimum Gasteiger partial charge on any atom is -0.351 e. The van der Waals surface area contributed by atoms with Crippen LogP contribution in [0.25, 0.3) is 0 Å². The number of hydrogen-bond acceptors (Lipinski definition) is 1. The first-order chi connectivity index (χ1) is 8.56. The van der Waals surface area contributed by atoms with E-state index in [9.17, 15) is 13.6 Å². The van der Waals surface area contributed by atoms with Gasteiger partial charge in [-0.25, -0.2) is 8.78 Å². The summed E-state index contributed by atoms with van der Waals surface area (Å²) in [5, 5.41) is 3.62. The first kappa shape index (κ1) is 13.5. The fraction of sp³-hybridized carbons (Fsp3) is 0.462. The zero-order valence-electron chi connectivity index (χ0n) is 9.81. The molecule has 1 fully saturated rings. The quantitative estimate of drug-likeness (QED) is 0.830. The Morgan fingerprint density at radius 1 is 1.39 bits per heavy atom. The standard InChI is InChI=1S/C13H14BrF2NO/c14-6-5-13(3-4-13)8-17-12(18)10-2-1-9(15)7-11(10)16/h1-2,7H,3-6,8H2,(H,17,18). The molecule has 98 valence electrons. The average molecular weight is 318 g/mol. The summed E-state index contributed by atoms with van der Waals surface area (Å²) in [7, 11) is 0. The van der Waals surface area contributed by atoms with Crippen LogP contribution in [0.4, 0.5) is 8.78 Å². The zero-order valence-corrected chi connectivity index (χ0v) is 11.4. The molecule has 0 radical (unpaired) electrons. The highest BCUT2D eigenvalue weighted by molar-refractivity contribution is 9.09. The van der Waals surface area contributed by atoms with Crippen molar-refractivity contribution in [2.45, 2.75) is 19.3 Å². The highest BCUT2D eigenvalue weighted by Gasteiger charge is 2.41. The molecule has 0 aromatic heterocycles. The smallest absolute Gasteiger partial charge is 0.254 e. The lowest BCUT2D eigenvalue weighted by molar-refractivity contribution is 0.0940. The van der Waals surface area contributed by atoms with E-state index >= 15 is 0 Å². The van der Waals surface area contributed by atoms with Crippen LogP contribution in [-0.4, -0.2) is 17.8 Å². The van der Waals surface area contributed by atoms with E-state index in [1.54, 1.807) is 0 Å². The Morgan fingerprint density at radius 2 is 2.11 bits per heavy atom. The molecule has 1 aromatic carbocycles. The van der Waals surface area contributed by atoms with Gasteiger partial charge in [0, 0.05) is 17.9 Å². The molecule has 1 N–H and O–H groups in total. The van der Waals surface area contributed by atoms with Crippen molar-refractivity contribution in [1.82, 2.24) is 5.32 Å². The van der Waals surface area contributed by atoms with Crippen LogP contribution >= 0.6 is 15.9 Å². The van der Waals surface area contributed by atoms with Crippen molar-refractivity contribution in [3.63, 3.8) is 0 Å². The van der Waals surface area contributed by atoms with Crippen LogP contribution in [-0.2, 0) is 0 Å². The molecule has 1 aliphatic carbocycles. The summed E-state index contributed by atoms with van der Waals surface area (Å²) in [5.74, 6) is -1.98. The Morgan fingerprint density at radius 3 is 2.67 bits per heavy atom. The first-order valence-electron chi connectivity index (χ1n) is 5.86. The minimum absolute atomic E-state index is 0.106. The molecule has 0 saturated heterocycles. The maximum Gasteiger partial charge on any atom is 0.254 e. The van der Waals surface area contributed by atoms with Crippen molar-refractivity contribution < 1.29 is 13.6 Å². The Labute approximate surface area is 113 Å². The van der Waals surface area contributed by atoms with E-state index in [0.29, 0.717) is 6.54 Å². The minimum atomic E-state index is -0.821. The number of carbonyl (C=O) groups is 1. The zero-order chi connectivity index (χ0) is 13.2. The van der Waals surface area contributed by atoms with Gasteiger partial charge in [0.05, 0.1) is 5.56 Å². The molecule has 1 amide bonds. The highest BCUT2D eigenvalue weighted by Crippen LogP contribution is 2.48. The molecule has 1 aromatic rings. The fourth-order valence-electron chi connectivity index (χ4n) is 1.93. The van der Waals surface area contributed by atoms with Crippen LogP contribution in [0.5, 0.6) is 0 Å². The summed E-state index contributed by atoms with van der Waals surface area (Å²) < 4.78 is 26.1. The molecule has 5 heteroatoms. The SMILES string of the molecule is O=C(NCC1(CCBr)CC1)c1ccc(F)cc1F. The van der Waals surface area contributed by atoms with Crippen LogP contribution in [0.15, 0.2) is 18.2 Å². The summed E-state index contributed by atoms with van der Waals surface area (Å²) in [5.41, 5.74) is 0.0707. The van der Waals surface area contributed by atoms with E-state index in [1.807, 2.05) is 0 Å². The number of rotatable bonds is 5. The molecule has 0 spiro atoms.